The highest BCUT2D eigenvalue weighted by atomic mass is 79.9. The molecule has 0 unspecified atom stereocenters. The van der Waals surface area contributed by atoms with Crippen LogP contribution in [0.1, 0.15) is 12.8 Å². The van der Waals surface area contributed by atoms with Gasteiger partial charge in [0.05, 0.1) is 18.1 Å². The molecular weight excluding hydrogens is 296 g/mol. The molecule has 0 aliphatic heterocycles. The van der Waals surface area contributed by atoms with Gasteiger partial charge in [-0.1, -0.05) is 0 Å². The number of hydrogen-bond acceptors (Lipinski definition) is 3. The Morgan fingerprint density at radius 1 is 1.50 bits per heavy atom. The molecule has 0 bridgehead atoms. The van der Waals surface area contributed by atoms with Crippen molar-refractivity contribution in [2.75, 3.05) is 25.5 Å². The van der Waals surface area contributed by atoms with Crippen LogP contribution in [-0.4, -0.2) is 26.1 Å². The average molecular weight is 313 g/mol. The molecule has 0 heterocycles. The van der Waals surface area contributed by atoms with E-state index < -0.39 is 0 Å². The minimum Gasteiger partial charge on any atom is -0.496 e. The van der Waals surface area contributed by atoms with Crippen LogP contribution in [0.4, 0.5) is 5.69 Å². The lowest BCUT2D eigenvalue weighted by molar-refractivity contribution is -0.115. The predicted octanol–water partition coefficient (Wildman–Crippen LogP) is 2.40. The molecule has 2 N–H and O–H groups in total. The van der Waals surface area contributed by atoms with E-state index in [1.807, 2.05) is 18.2 Å². The SMILES string of the molecule is COc1ccc(NC(=O)CNCC2CC2)cc1Br. The first-order valence-electron chi connectivity index (χ1n) is 6.03. The van der Waals surface area contributed by atoms with E-state index in [1.54, 1.807) is 7.11 Å². The highest BCUT2D eigenvalue weighted by Crippen LogP contribution is 2.28. The normalized spacial score (nSPS) is 14.3. The topological polar surface area (TPSA) is 50.4 Å². The number of methoxy groups -OCH3 is 1. The second-order valence-electron chi connectivity index (χ2n) is 4.47. The number of carbonyl (C=O) groups is 1. The van der Waals surface area contributed by atoms with Crippen molar-refractivity contribution in [1.29, 1.82) is 0 Å². The number of benzene rings is 1. The van der Waals surface area contributed by atoms with Crippen LogP contribution in [0.5, 0.6) is 5.75 Å². The molecule has 0 radical (unpaired) electrons. The standard InChI is InChI=1S/C13H17BrN2O2/c1-18-12-5-4-10(6-11(12)14)16-13(17)8-15-7-9-2-3-9/h4-6,9,15H,2-3,7-8H2,1H3,(H,16,17). The van der Waals surface area contributed by atoms with E-state index in [0.29, 0.717) is 6.54 Å². The molecule has 5 heteroatoms. The third-order valence-corrected chi connectivity index (χ3v) is 3.47. The summed E-state index contributed by atoms with van der Waals surface area (Å²) in [4.78, 5) is 11.7. The summed E-state index contributed by atoms with van der Waals surface area (Å²) < 4.78 is 5.96. The summed E-state index contributed by atoms with van der Waals surface area (Å²) in [6.07, 6.45) is 2.58. The molecule has 1 amide bonds. The highest BCUT2D eigenvalue weighted by Gasteiger charge is 2.20. The van der Waals surface area contributed by atoms with Gasteiger partial charge in [-0.25, -0.2) is 0 Å². The van der Waals surface area contributed by atoms with Crippen LogP contribution in [-0.2, 0) is 4.79 Å². The molecule has 0 spiro atoms. The minimum atomic E-state index is -0.0206. The van der Waals surface area contributed by atoms with E-state index in [-0.39, 0.29) is 5.91 Å². The summed E-state index contributed by atoms with van der Waals surface area (Å²) in [7, 11) is 1.61. The van der Waals surface area contributed by atoms with Gasteiger partial charge in [-0.3, -0.25) is 4.79 Å². The Morgan fingerprint density at radius 2 is 2.28 bits per heavy atom. The summed E-state index contributed by atoms with van der Waals surface area (Å²) in [6.45, 7) is 1.31. The van der Waals surface area contributed by atoms with E-state index in [2.05, 4.69) is 26.6 Å². The first kappa shape index (κ1) is 13.4. The van der Waals surface area contributed by atoms with Crippen LogP contribution in [0, 0.1) is 5.92 Å². The zero-order chi connectivity index (χ0) is 13.0. The van der Waals surface area contributed by atoms with Gasteiger partial charge in [0.2, 0.25) is 5.91 Å². The minimum absolute atomic E-state index is 0.0206. The van der Waals surface area contributed by atoms with E-state index in [1.165, 1.54) is 12.8 Å². The lowest BCUT2D eigenvalue weighted by Gasteiger charge is -2.08. The summed E-state index contributed by atoms with van der Waals surface area (Å²) in [5.74, 6) is 1.51. The highest BCUT2D eigenvalue weighted by molar-refractivity contribution is 9.10. The monoisotopic (exact) mass is 312 g/mol. The number of hydrogen-bond donors (Lipinski definition) is 2. The van der Waals surface area contributed by atoms with Crippen molar-refractivity contribution in [3.63, 3.8) is 0 Å². The molecule has 2 rings (SSSR count). The Hall–Kier alpha value is -1.07. The predicted molar refractivity (Wildman–Crippen MR) is 74.9 cm³/mol. The molecule has 1 aliphatic rings. The zero-order valence-corrected chi connectivity index (χ0v) is 11.9. The van der Waals surface area contributed by atoms with E-state index in [4.69, 9.17) is 4.74 Å². The van der Waals surface area contributed by atoms with Gasteiger partial charge >= 0.3 is 0 Å². The summed E-state index contributed by atoms with van der Waals surface area (Å²) in [6, 6.07) is 5.47. The largest absolute Gasteiger partial charge is 0.496 e. The molecule has 1 saturated carbocycles. The molecule has 18 heavy (non-hydrogen) atoms. The number of nitrogens with one attached hydrogen (secondary N) is 2. The van der Waals surface area contributed by atoms with Gasteiger partial charge in [-0.2, -0.15) is 0 Å². The Bertz CT molecular complexity index is 433. The number of amides is 1. The molecular formula is C13H17BrN2O2. The third-order valence-electron chi connectivity index (χ3n) is 2.85. The van der Waals surface area contributed by atoms with Crippen molar-refractivity contribution < 1.29 is 9.53 Å². The first-order valence-corrected chi connectivity index (χ1v) is 6.82. The summed E-state index contributed by atoms with van der Waals surface area (Å²) in [5, 5.41) is 6.00. The van der Waals surface area contributed by atoms with Crippen LogP contribution < -0.4 is 15.4 Å². The van der Waals surface area contributed by atoms with Gasteiger partial charge in [0, 0.05) is 5.69 Å². The van der Waals surface area contributed by atoms with Crippen molar-refractivity contribution in [3.8, 4) is 5.75 Å². The van der Waals surface area contributed by atoms with Crippen LogP contribution in [0.3, 0.4) is 0 Å². The van der Waals surface area contributed by atoms with Crippen LogP contribution in [0.2, 0.25) is 0 Å². The van der Waals surface area contributed by atoms with Crippen molar-refractivity contribution >= 4 is 27.5 Å². The van der Waals surface area contributed by atoms with Crippen LogP contribution in [0.15, 0.2) is 22.7 Å². The summed E-state index contributed by atoms with van der Waals surface area (Å²) >= 11 is 3.39. The molecule has 0 saturated heterocycles. The van der Waals surface area contributed by atoms with Crippen molar-refractivity contribution in [2.45, 2.75) is 12.8 Å². The van der Waals surface area contributed by atoms with Gasteiger partial charge in [-0.15, -0.1) is 0 Å². The van der Waals surface area contributed by atoms with Gasteiger partial charge in [0.25, 0.3) is 0 Å². The average Bonchev–Trinajstić information content (AvgIpc) is 3.13. The fourth-order valence-electron chi connectivity index (χ4n) is 1.66. The molecule has 1 fully saturated rings. The number of anilines is 1. The van der Waals surface area contributed by atoms with Crippen molar-refractivity contribution in [2.24, 2.45) is 5.92 Å². The van der Waals surface area contributed by atoms with Crippen molar-refractivity contribution in [3.05, 3.63) is 22.7 Å². The third kappa shape index (κ3) is 3.99. The molecule has 0 aromatic heterocycles. The molecule has 1 aromatic carbocycles. The van der Waals surface area contributed by atoms with Gasteiger partial charge < -0.3 is 15.4 Å². The number of carbonyl (C=O) groups excluding carboxylic acids is 1. The Morgan fingerprint density at radius 3 is 2.89 bits per heavy atom. The lowest BCUT2D eigenvalue weighted by Crippen LogP contribution is -2.29. The van der Waals surface area contributed by atoms with E-state index in [0.717, 1.165) is 28.4 Å². The molecule has 1 aromatic rings. The zero-order valence-electron chi connectivity index (χ0n) is 10.3. The Labute approximate surface area is 115 Å². The van der Waals surface area contributed by atoms with E-state index >= 15 is 0 Å². The Balaban J connectivity index is 1.80. The number of ether oxygens (including phenoxy) is 1. The number of halogens is 1. The maximum Gasteiger partial charge on any atom is 0.238 e. The maximum absolute atomic E-state index is 11.7. The molecule has 1 aliphatic carbocycles. The number of rotatable bonds is 6. The lowest BCUT2D eigenvalue weighted by atomic mass is 10.3. The molecule has 98 valence electrons. The fourth-order valence-corrected chi connectivity index (χ4v) is 2.20. The molecule has 4 nitrogen and oxygen atoms in total. The second kappa shape index (κ2) is 6.20. The van der Waals surface area contributed by atoms with Crippen LogP contribution in [0.25, 0.3) is 0 Å². The van der Waals surface area contributed by atoms with Crippen molar-refractivity contribution in [1.82, 2.24) is 5.32 Å². The quantitative estimate of drug-likeness (QED) is 0.848. The van der Waals surface area contributed by atoms with Gasteiger partial charge in [-0.05, 0) is 59.4 Å². The van der Waals surface area contributed by atoms with E-state index in [9.17, 15) is 4.79 Å². The van der Waals surface area contributed by atoms with Gasteiger partial charge in [0.15, 0.2) is 0 Å². The maximum atomic E-state index is 11.7. The summed E-state index contributed by atoms with van der Waals surface area (Å²) in [5.41, 5.74) is 0.765. The second-order valence-corrected chi connectivity index (χ2v) is 5.33. The molecule has 0 atom stereocenters. The first-order chi connectivity index (χ1) is 8.69. The Kier molecular flexibility index (Phi) is 4.60. The van der Waals surface area contributed by atoms with Crippen LogP contribution >= 0.6 is 15.9 Å². The van der Waals surface area contributed by atoms with Gasteiger partial charge in [0.1, 0.15) is 5.75 Å². The smallest absolute Gasteiger partial charge is 0.238 e. The fraction of sp³-hybridized carbons (Fsp3) is 0.462.